The number of aliphatic imine (C=N–C) groups is 1. The highest BCUT2D eigenvalue weighted by Crippen LogP contribution is 2.30. The first kappa shape index (κ1) is 19.0. The Morgan fingerprint density at radius 1 is 0.871 bits per heavy atom. The minimum atomic E-state index is -0.205. The Bertz CT molecular complexity index is 1270. The molecular formula is C25H17N3O2S. The van der Waals surface area contributed by atoms with Crippen LogP contribution >= 0.6 is 11.3 Å². The Morgan fingerprint density at radius 3 is 2.35 bits per heavy atom. The largest absolute Gasteiger partial charge is 0.457 e. The van der Waals surface area contributed by atoms with E-state index in [9.17, 15) is 4.79 Å². The Kier molecular flexibility index (Phi) is 5.12. The van der Waals surface area contributed by atoms with E-state index < -0.39 is 0 Å². The van der Waals surface area contributed by atoms with Gasteiger partial charge >= 0.3 is 0 Å². The molecule has 0 unspecified atom stereocenters. The zero-order valence-corrected chi connectivity index (χ0v) is 17.2. The third-order valence-electron chi connectivity index (χ3n) is 4.64. The van der Waals surface area contributed by atoms with Crippen molar-refractivity contribution < 1.29 is 9.53 Å². The quantitative estimate of drug-likeness (QED) is 0.383. The summed E-state index contributed by atoms with van der Waals surface area (Å²) < 4.78 is 5.91. The Labute approximate surface area is 183 Å². The number of carbonyl (C=O) groups is 1. The molecule has 0 aliphatic carbocycles. The van der Waals surface area contributed by atoms with Crippen LogP contribution in [0, 0.1) is 0 Å². The first-order chi connectivity index (χ1) is 15.3. The van der Waals surface area contributed by atoms with Gasteiger partial charge in [-0.3, -0.25) is 4.79 Å². The third kappa shape index (κ3) is 4.01. The van der Waals surface area contributed by atoms with Crippen LogP contribution in [-0.2, 0) is 4.79 Å². The Morgan fingerprint density at radius 2 is 1.61 bits per heavy atom. The highest BCUT2D eigenvalue weighted by atomic mass is 32.1. The fourth-order valence-corrected chi connectivity index (χ4v) is 3.89. The van der Waals surface area contributed by atoms with Crippen molar-refractivity contribution in [2.24, 2.45) is 4.99 Å². The van der Waals surface area contributed by atoms with Crippen LogP contribution in [0.3, 0.4) is 0 Å². The van der Waals surface area contributed by atoms with Crippen molar-refractivity contribution in [3.05, 3.63) is 113 Å². The van der Waals surface area contributed by atoms with Crippen molar-refractivity contribution in [3.63, 3.8) is 0 Å². The number of benzene rings is 3. The molecule has 1 aromatic heterocycles. The van der Waals surface area contributed by atoms with E-state index in [0.29, 0.717) is 22.4 Å². The first-order valence-electron chi connectivity index (χ1n) is 9.71. The van der Waals surface area contributed by atoms with E-state index in [2.05, 4.69) is 9.98 Å². The smallest absolute Gasteiger partial charge is 0.284 e. The number of amides is 1. The molecule has 0 N–H and O–H groups in total. The molecule has 0 saturated carbocycles. The van der Waals surface area contributed by atoms with Gasteiger partial charge in [0, 0.05) is 17.1 Å². The van der Waals surface area contributed by atoms with Gasteiger partial charge in [0.15, 0.2) is 5.13 Å². The maximum atomic E-state index is 13.2. The molecule has 0 bridgehead atoms. The van der Waals surface area contributed by atoms with Gasteiger partial charge in [-0.05, 0) is 35.9 Å². The summed E-state index contributed by atoms with van der Waals surface area (Å²) in [5, 5.41) is 2.44. The van der Waals surface area contributed by atoms with E-state index in [1.54, 1.807) is 17.2 Å². The van der Waals surface area contributed by atoms with E-state index in [-0.39, 0.29) is 5.91 Å². The molecular weight excluding hydrogens is 406 g/mol. The van der Waals surface area contributed by atoms with Gasteiger partial charge in [0.05, 0.1) is 0 Å². The summed E-state index contributed by atoms with van der Waals surface area (Å²) in [4.78, 5) is 23.8. The zero-order valence-electron chi connectivity index (χ0n) is 16.4. The molecule has 5 nitrogen and oxygen atoms in total. The van der Waals surface area contributed by atoms with Gasteiger partial charge in [-0.15, -0.1) is 11.3 Å². The predicted molar refractivity (Wildman–Crippen MR) is 124 cm³/mol. The van der Waals surface area contributed by atoms with Crippen molar-refractivity contribution in [3.8, 4) is 11.5 Å². The molecule has 1 aliphatic rings. The number of thiazole rings is 1. The average molecular weight is 423 g/mol. The fourth-order valence-electron chi connectivity index (χ4n) is 3.25. The maximum absolute atomic E-state index is 13.2. The zero-order chi connectivity index (χ0) is 21.0. The normalized spacial score (nSPS) is 14.7. The highest BCUT2D eigenvalue weighted by molar-refractivity contribution is 7.14. The lowest BCUT2D eigenvalue weighted by atomic mass is 10.2. The third-order valence-corrected chi connectivity index (χ3v) is 5.40. The lowest BCUT2D eigenvalue weighted by molar-refractivity contribution is -0.113. The SMILES string of the molecule is O=C1C(=Cc2cccc(Oc3ccccc3)c2)N=C(c2ccccc2)N1c1nccs1. The molecule has 150 valence electrons. The molecule has 1 amide bonds. The van der Waals surface area contributed by atoms with Gasteiger partial charge in [0.25, 0.3) is 5.91 Å². The van der Waals surface area contributed by atoms with Gasteiger partial charge < -0.3 is 4.74 Å². The maximum Gasteiger partial charge on any atom is 0.284 e. The number of ether oxygens (including phenoxy) is 1. The number of amidine groups is 1. The minimum absolute atomic E-state index is 0.205. The molecule has 31 heavy (non-hydrogen) atoms. The Balaban J connectivity index is 1.50. The van der Waals surface area contributed by atoms with Crippen LogP contribution in [0.1, 0.15) is 11.1 Å². The van der Waals surface area contributed by atoms with Crippen LogP contribution in [0.2, 0.25) is 0 Å². The number of anilines is 1. The van der Waals surface area contributed by atoms with Crippen molar-refractivity contribution in [2.75, 3.05) is 4.90 Å². The van der Waals surface area contributed by atoms with E-state index >= 15 is 0 Å². The molecule has 1 aliphatic heterocycles. The van der Waals surface area contributed by atoms with Gasteiger partial charge in [0.2, 0.25) is 0 Å². The minimum Gasteiger partial charge on any atom is -0.457 e. The number of para-hydroxylation sites is 1. The lowest BCUT2D eigenvalue weighted by Crippen LogP contribution is -2.32. The number of hydrogen-bond donors (Lipinski definition) is 0. The predicted octanol–water partition coefficient (Wildman–Crippen LogP) is 5.77. The summed E-state index contributed by atoms with van der Waals surface area (Å²) in [7, 11) is 0. The van der Waals surface area contributed by atoms with Crippen molar-refractivity contribution in [1.82, 2.24) is 4.98 Å². The molecule has 0 saturated heterocycles. The molecule has 0 atom stereocenters. The van der Waals surface area contributed by atoms with Crippen molar-refractivity contribution in [1.29, 1.82) is 0 Å². The average Bonchev–Trinajstić information content (AvgIpc) is 3.44. The van der Waals surface area contributed by atoms with Crippen LogP contribution in [0.15, 0.2) is 107 Å². The number of nitrogens with zero attached hydrogens (tertiary/aromatic N) is 3. The van der Waals surface area contributed by atoms with Crippen molar-refractivity contribution >= 4 is 34.3 Å². The molecule has 2 heterocycles. The highest BCUT2D eigenvalue weighted by Gasteiger charge is 2.33. The van der Waals surface area contributed by atoms with Crippen LogP contribution in [0.5, 0.6) is 11.5 Å². The van der Waals surface area contributed by atoms with E-state index in [1.165, 1.54) is 11.3 Å². The second-order valence-electron chi connectivity index (χ2n) is 6.77. The van der Waals surface area contributed by atoms with Gasteiger partial charge in [-0.1, -0.05) is 60.7 Å². The second-order valence-corrected chi connectivity index (χ2v) is 7.65. The fraction of sp³-hybridized carbons (Fsp3) is 0. The van der Waals surface area contributed by atoms with Gasteiger partial charge in [-0.25, -0.2) is 14.9 Å². The van der Waals surface area contributed by atoms with E-state index in [1.807, 2.05) is 90.3 Å². The van der Waals surface area contributed by atoms with Crippen LogP contribution in [-0.4, -0.2) is 16.7 Å². The second kappa shape index (κ2) is 8.38. The summed E-state index contributed by atoms with van der Waals surface area (Å²) in [6, 6.07) is 26.8. The molecule has 0 radical (unpaired) electrons. The molecule has 6 heteroatoms. The molecule has 4 aromatic rings. The number of carbonyl (C=O) groups excluding carboxylic acids is 1. The molecule has 5 rings (SSSR count). The van der Waals surface area contributed by atoms with Crippen LogP contribution in [0.4, 0.5) is 5.13 Å². The van der Waals surface area contributed by atoms with Crippen LogP contribution < -0.4 is 9.64 Å². The summed E-state index contributed by atoms with van der Waals surface area (Å²) in [6.45, 7) is 0. The number of aromatic nitrogens is 1. The molecule has 0 spiro atoms. The first-order valence-corrected chi connectivity index (χ1v) is 10.6. The van der Waals surface area contributed by atoms with Crippen molar-refractivity contribution in [2.45, 2.75) is 0 Å². The summed E-state index contributed by atoms with van der Waals surface area (Å²) in [5.74, 6) is 1.81. The topological polar surface area (TPSA) is 54.8 Å². The number of rotatable bonds is 5. The molecule has 3 aromatic carbocycles. The Hall–Kier alpha value is -4.03. The summed E-state index contributed by atoms with van der Waals surface area (Å²) in [5.41, 5.74) is 2.04. The van der Waals surface area contributed by atoms with E-state index in [0.717, 1.165) is 16.9 Å². The summed E-state index contributed by atoms with van der Waals surface area (Å²) in [6.07, 6.45) is 3.46. The number of hydrogen-bond acceptors (Lipinski definition) is 5. The summed E-state index contributed by atoms with van der Waals surface area (Å²) >= 11 is 1.40. The van der Waals surface area contributed by atoms with Gasteiger partial charge in [-0.2, -0.15) is 0 Å². The lowest BCUT2D eigenvalue weighted by Gasteiger charge is -2.14. The van der Waals surface area contributed by atoms with Gasteiger partial charge in [0.1, 0.15) is 23.0 Å². The monoisotopic (exact) mass is 423 g/mol. The van der Waals surface area contributed by atoms with E-state index in [4.69, 9.17) is 4.74 Å². The standard InChI is InChI=1S/C25H17N3O2S/c29-24-22(17-18-8-7-13-21(16-18)30-20-11-5-2-6-12-20)27-23(19-9-3-1-4-10-19)28(24)25-26-14-15-31-25/h1-17H. The van der Waals surface area contributed by atoms with Crippen LogP contribution in [0.25, 0.3) is 6.08 Å². The molecule has 0 fully saturated rings.